The molecule has 0 spiro atoms. The van der Waals surface area contributed by atoms with Crippen molar-refractivity contribution in [3.63, 3.8) is 0 Å². The summed E-state index contributed by atoms with van der Waals surface area (Å²) in [5.74, 6) is -0.0375. The number of fused-ring (bicyclic) bond motifs is 2. The van der Waals surface area contributed by atoms with Gasteiger partial charge in [-0.2, -0.15) is 0 Å². The standard InChI is InChI=1S/2C10H7Cl2NO/c2*1-5-2-3-6-7(11)4-8(12)10(14)9(6)13-5/h2*2-4,14H,1H3. The lowest BCUT2D eigenvalue weighted by molar-refractivity contribution is 0.480. The predicted octanol–water partition coefficient (Wildman–Crippen LogP) is 7.11. The number of halogens is 4. The SMILES string of the molecule is Cc1ccc2c(Cl)cc(Cl)c(O)c2n1.Cc1ccc2c(Cl)cc(Cl)c(O)c2n1. The molecule has 0 aliphatic carbocycles. The molecule has 144 valence electrons. The summed E-state index contributed by atoms with van der Waals surface area (Å²) in [6.45, 7) is 3.68. The number of phenolic OH excluding ortho intramolecular Hbond substituents is 2. The Morgan fingerprint density at radius 3 is 1.32 bits per heavy atom. The van der Waals surface area contributed by atoms with Crippen molar-refractivity contribution in [2.45, 2.75) is 13.8 Å². The Kier molecular flexibility index (Phi) is 6.06. The Morgan fingerprint density at radius 1 is 0.607 bits per heavy atom. The lowest BCUT2D eigenvalue weighted by Crippen LogP contribution is -1.85. The predicted molar refractivity (Wildman–Crippen MR) is 116 cm³/mol. The highest BCUT2D eigenvalue weighted by atomic mass is 35.5. The van der Waals surface area contributed by atoms with Crippen LogP contribution >= 0.6 is 46.4 Å². The van der Waals surface area contributed by atoms with Gasteiger partial charge in [-0.15, -0.1) is 0 Å². The maximum Gasteiger partial charge on any atom is 0.160 e. The largest absolute Gasteiger partial charge is 0.504 e. The third kappa shape index (κ3) is 4.06. The molecular formula is C20H14Cl4N2O2. The summed E-state index contributed by atoms with van der Waals surface area (Å²) >= 11 is 23.4. The van der Waals surface area contributed by atoms with E-state index in [1.807, 2.05) is 38.1 Å². The average molecular weight is 456 g/mol. The fourth-order valence-corrected chi connectivity index (χ4v) is 3.63. The Balaban J connectivity index is 0.000000161. The number of nitrogens with zero attached hydrogens (tertiary/aromatic N) is 2. The number of hydrogen-bond acceptors (Lipinski definition) is 4. The molecule has 4 rings (SSSR count). The number of aromatic nitrogens is 2. The van der Waals surface area contributed by atoms with Gasteiger partial charge >= 0.3 is 0 Å². The van der Waals surface area contributed by atoms with Crippen LogP contribution in [0.2, 0.25) is 20.1 Å². The van der Waals surface area contributed by atoms with E-state index in [0.29, 0.717) is 31.9 Å². The van der Waals surface area contributed by atoms with Crippen molar-refractivity contribution in [3.8, 4) is 11.5 Å². The first-order valence-electron chi connectivity index (χ1n) is 8.07. The van der Waals surface area contributed by atoms with Gasteiger partial charge in [0.25, 0.3) is 0 Å². The second-order valence-electron chi connectivity index (χ2n) is 6.08. The highest BCUT2D eigenvalue weighted by Gasteiger charge is 2.11. The molecule has 0 amide bonds. The van der Waals surface area contributed by atoms with Crippen LogP contribution in [0.3, 0.4) is 0 Å². The first-order valence-corrected chi connectivity index (χ1v) is 9.59. The minimum Gasteiger partial charge on any atom is -0.504 e. The molecule has 2 aromatic heterocycles. The normalized spacial score (nSPS) is 10.8. The van der Waals surface area contributed by atoms with Crippen molar-refractivity contribution < 1.29 is 10.2 Å². The van der Waals surface area contributed by atoms with E-state index >= 15 is 0 Å². The lowest BCUT2D eigenvalue weighted by Gasteiger charge is -2.05. The van der Waals surface area contributed by atoms with Gasteiger partial charge in [0.15, 0.2) is 11.5 Å². The average Bonchev–Trinajstić information content (AvgIpc) is 2.64. The molecular weight excluding hydrogens is 442 g/mol. The smallest absolute Gasteiger partial charge is 0.160 e. The van der Waals surface area contributed by atoms with E-state index in [9.17, 15) is 10.2 Å². The molecule has 0 radical (unpaired) electrons. The molecule has 4 aromatic rings. The summed E-state index contributed by atoms with van der Waals surface area (Å²) in [5.41, 5.74) is 2.52. The molecule has 0 unspecified atom stereocenters. The van der Waals surface area contributed by atoms with E-state index in [4.69, 9.17) is 46.4 Å². The van der Waals surface area contributed by atoms with Gasteiger partial charge in [0.05, 0.1) is 20.1 Å². The van der Waals surface area contributed by atoms with Crippen molar-refractivity contribution in [1.29, 1.82) is 0 Å². The summed E-state index contributed by atoms with van der Waals surface area (Å²) in [5, 5.41) is 22.2. The van der Waals surface area contributed by atoms with Crippen LogP contribution in [0, 0.1) is 13.8 Å². The first-order chi connectivity index (χ1) is 13.2. The zero-order chi connectivity index (χ0) is 20.6. The van der Waals surface area contributed by atoms with Gasteiger partial charge in [0.1, 0.15) is 11.0 Å². The summed E-state index contributed by atoms with van der Waals surface area (Å²) in [4.78, 5) is 8.36. The lowest BCUT2D eigenvalue weighted by atomic mass is 10.2. The molecule has 4 nitrogen and oxygen atoms in total. The fourth-order valence-electron chi connectivity index (χ4n) is 2.60. The van der Waals surface area contributed by atoms with Crippen LogP contribution in [-0.2, 0) is 0 Å². The molecule has 2 heterocycles. The third-order valence-electron chi connectivity index (χ3n) is 3.99. The molecule has 0 aliphatic rings. The molecule has 0 bridgehead atoms. The van der Waals surface area contributed by atoms with Crippen molar-refractivity contribution >= 4 is 68.2 Å². The molecule has 0 atom stereocenters. The Labute approximate surface area is 181 Å². The molecule has 0 aliphatic heterocycles. The van der Waals surface area contributed by atoms with Crippen molar-refractivity contribution in [2.75, 3.05) is 0 Å². The van der Waals surface area contributed by atoms with Gasteiger partial charge in [-0.25, -0.2) is 9.97 Å². The third-order valence-corrected chi connectivity index (χ3v) is 5.19. The second-order valence-corrected chi connectivity index (χ2v) is 7.70. The summed E-state index contributed by atoms with van der Waals surface area (Å²) in [7, 11) is 0. The number of aromatic hydroxyl groups is 2. The Hall–Kier alpha value is -1.98. The molecule has 2 aromatic carbocycles. The zero-order valence-electron chi connectivity index (χ0n) is 14.8. The number of benzene rings is 2. The van der Waals surface area contributed by atoms with Crippen molar-refractivity contribution in [1.82, 2.24) is 9.97 Å². The Morgan fingerprint density at radius 2 is 0.964 bits per heavy atom. The number of phenols is 2. The monoisotopic (exact) mass is 454 g/mol. The van der Waals surface area contributed by atoms with Crippen LogP contribution in [0.15, 0.2) is 36.4 Å². The van der Waals surface area contributed by atoms with Crippen LogP contribution in [0.5, 0.6) is 11.5 Å². The van der Waals surface area contributed by atoms with Crippen molar-refractivity contribution in [2.24, 2.45) is 0 Å². The van der Waals surface area contributed by atoms with Gasteiger partial charge in [-0.05, 0) is 50.2 Å². The van der Waals surface area contributed by atoms with Gasteiger partial charge < -0.3 is 10.2 Å². The van der Waals surface area contributed by atoms with Gasteiger partial charge in [0.2, 0.25) is 0 Å². The van der Waals surface area contributed by atoms with E-state index in [-0.39, 0.29) is 21.5 Å². The van der Waals surface area contributed by atoms with Crippen molar-refractivity contribution in [3.05, 3.63) is 67.9 Å². The van der Waals surface area contributed by atoms with E-state index < -0.39 is 0 Å². The maximum absolute atomic E-state index is 9.65. The van der Waals surface area contributed by atoms with Gasteiger partial charge in [-0.1, -0.05) is 46.4 Å². The van der Waals surface area contributed by atoms with E-state index in [1.165, 1.54) is 12.1 Å². The maximum atomic E-state index is 9.65. The zero-order valence-corrected chi connectivity index (χ0v) is 17.8. The highest BCUT2D eigenvalue weighted by Crippen LogP contribution is 2.37. The molecule has 0 saturated carbocycles. The summed E-state index contributed by atoms with van der Waals surface area (Å²) in [6, 6.07) is 10.3. The van der Waals surface area contributed by atoms with E-state index in [2.05, 4.69) is 9.97 Å². The van der Waals surface area contributed by atoms with Crippen LogP contribution in [0.1, 0.15) is 11.4 Å². The van der Waals surface area contributed by atoms with Gasteiger partial charge in [-0.3, -0.25) is 0 Å². The number of pyridine rings is 2. The topological polar surface area (TPSA) is 66.2 Å². The van der Waals surface area contributed by atoms with Crippen LogP contribution < -0.4 is 0 Å². The second kappa shape index (κ2) is 8.18. The number of aryl methyl sites for hydroxylation is 2. The van der Waals surface area contributed by atoms with Crippen LogP contribution in [0.4, 0.5) is 0 Å². The quantitative estimate of drug-likeness (QED) is 0.296. The van der Waals surface area contributed by atoms with E-state index in [1.54, 1.807) is 0 Å². The number of rotatable bonds is 0. The number of hydrogen-bond donors (Lipinski definition) is 2. The van der Waals surface area contributed by atoms with Crippen LogP contribution in [0.25, 0.3) is 21.8 Å². The molecule has 28 heavy (non-hydrogen) atoms. The molecule has 0 fully saturated rings. The summed E-state index contributed by atoms with van der Waals surface area (Å²) < 4.78 is 0. The first kappa shape index (κ1) is 20.7. The van der Waals surface area contributed by atoms with E-state index in [0.717, 1.165) is 11.4 Å². The minimum absolute atomic E-state index is 0.0187. The van der Waals surface area contributed by atoms with Crippen LogP contribution in [-0.4, -0.2) is 20.2 Å². The fraction of sp³-hybridized carbons (Fsp3) is 0.100. The molecule has 2 N–H and O–H groups in total. The highest BCUT2D eigenvalue weighted by molar-refractivity contribution is 6.40. The summed E-state index contributed by atoms with van der Waals surface area (Å²) in [6.07, 6.45) is 0. The van der Waals surface area contributed by atoms with Gasteiger partial charge in [0, 0.05) is 22.2 Å². The molecule has 0 saturated heterocycles. The Bertz CT molecular complexity index is 1120. The molecule has 8 heteroatoms. The minimum atomic E-state index is -0.0187.